The van der Waals surface area contributed by atoms with E-state index in [4.69, 9.17) is 27.9 Å². The first kappa shape index (κ1) is 35.8. The number of halogens is 5. The van der Waals surface area contributed by atoms with Crippen LogP contribution in [0.4, 0.5) is 19.0 Å². The summed E-state index contributed by atoms with van der Waals surface area (Å²) < 4.78 is 45.8. The minimum absolute atomic E-state index is 0.0508. The zero-order valence-electron chi connectivity index (χ0n) is 28.3. The van der Waals surface area contributed by atoms with E-state index in [0.717, 1.165) is 0 Å². The number of fused-ring (bicyclic) bond motifs is 4. The van der Waals surface area contributed by atoms with E-state index in [1.807, 2.05) is 6.08 Å². The van der Waals surface area contributed by atoms with Crippen molar-refractivity contribution in [3.05, 3.63) is 93.1 Å². The monoisotopic (exact) mass is 756 g/mol. The Morgan fingerprint density at radius 2 is 1.67 bits per heavy atom. The summed E-state index contributed by atoms with van der Waals surface area (Å²) in [4.78, 5) is 63.1. The fourth-order valence-electron chi connectivity index (χ4n) is 8.73. The summed E-state index contributed by atoms with van der Waals surface area (Å²) in [5.74, 6) is -7.47. The van der Waals surface area contributed by atoms with E-state index in [2.05, 4.69) is 10.4 Å². The molecule has 2 aromatic carbocycles. The molecule has 0 spiro atoms. The Bertz CT molecular complexity index is 2070. The lowest BCUT2D eigenvalue weighted by atomic mass is 9.49. The summed E-state index contributed by atoms with van der Waals surface area (Å²) in [6, 6.07) is 11.7. The molecule has 1 aromatic heterocycles. The molecule has 1 saturated carbocycles. The van der Waals surface area contributed by atoms with Gasteiger partial charge in [-0.05, 0) is 69.4 Å². The van der Waals surface area contributed by atoms with Gasteiger partial charge in [0.1, 0.15) is 0 Å². The molecule has 3 fully saturated rings. The van der Waals surface area contributed by atoms with Crippen LogP contribution in [0.2, 0.25) is 10.0 Å². The maximum Gasteiger partial charge on any atom is 0.417 e. The van der Waals surface area contributed by atoms with E-state index in [1.54, 1.807) is 57.2 Å². The fraction of sp³-hybridized carbons (Fsp3) is 0.378. The second-order valence-electron chi connectivity index (χ2n) is 14.5. The van der Waals surface area contributed by atoms with Crippen LogP contribution in [0.3, 0.4) is 0 Å². The van der Waals surface area contributed by atoms with Crippen LogP contribution in [0.5, 0.6) is 11.5 Å². The zero-order chi connectivity index (χ0) is 37.7. The number of phenolic OH excluding ortho intramolecular Hbond substituents is 1. The molecule has 3 aromatic rings. The number of methoxy groups -OCH3 is 1. The number of carbonyl (C=O) groups excluding carboxylic acids is 4. The maximum absolute atomic E-state index is 15.2. The Hall–Kier alpha value is -4.62. The number of hydrogen-bond donors (Lipinski definition) is 2. The van der Waals surface area contributed by atoms with Crippen molar-refractivity contribution in [3.63, 3.8) is 0 Å². The molecular formula is C37H33Cl2F3N4O6. The number of aromatic hydroxyl groups is 1. The number of anilines is 1. The van der Waals surface area contributed by atoms with Gasteiger partial charge in [-0.3, -0.25) is 29.5 Å². The number of phenols is 1. The normalized spacial score (nSPS) is 27.3. The minimum atomic E-state index is -4.75. The van der Waals surface area contributed by atoms with Crippen molar-refractivity contribution in [2.24, 2.45) is 23.7 Å². The first-order chi connectivity index (χ1) is 24.4. The highest BCUT2D eigenvalue weighted by molar-refractivity contribution is 6.33. The number of para-hydroxylation sites is 1. The molecule has 2 saturated heterocycles. The summed E-state index contributed by atoms with van der Waals surface area (Å²) in [6.45, 7) is 5.29. The van der Waals surface area contributed by atoms with E-state index in [1.165, 1.54) is 18.1 Å². The molecular weight excluding hydrogens is 724 g/mol. The molecule has 6 atom stereocenters. The minimum Gasteiger partial charge on any atom is -0.504 e. The van der Waals surface area contributed by atoms with Gasteiger partial charge in [0.25, 0.3) is 11.8 Å². The van der Waals surface area contributed by atoms with E-state index >= 15 is 4.79 Å². The quantitative estimate of drug-likeness (QED) is 0.213. The molecule has 0 bridgehead atoms. The molecule has 3 heterocycles. The summed E-state index contributed by atoms with van der Waals surface area (Å²) in [5.41, 5.74) is -0.00281. The second-order valence-corrected chi connectivity index (χ2v) is 15.3. The third-order valence-electron chi connectivity index (χ3n) is 10.8. The van der Waals surface area contributed by atoms with Crippen molar-refractivity contribution in [2.45, 2.75) is 56.7 Å². The highest BCUT2D eigenvalue weighted by atomic mass is 35.5. The number of carbonyl (C=O) groups is 4. The van der Waals surface area contributed by atoms with Gasteiger partial charge in [-0.25, -0.2) is 4.98 Å². The summed E-state index contributed by atoms with van der Waals surface area (Å²) in [5, 5.41) is 12.3. The molecule has 272 valence electrons. The first-order valence-electron chi connectivity index (χ1n) is 16.5. The third kappa shape index (κ3) is 5.18. The number of amides is 4. The number of hydrazine groups is 1. The number of rotatable bonds is 5. The second kappa shape index (κ2) is 12.2. The van der Waals surface area contributed by atoms with Crippen LogP contribution in [0, 0.1) is 23.7 Å². The fourth-order valence-corrected chi connectivity index (χ4v) is 9.06. The smallest absolute Gasteiger partial charge is 0.417 e. The maximum atomic E-state index is 15.2. The number of imide groups is 2. The largest absolute Gasteiger partial charge is 0.504 e. The van der Waals surface area contributed by atoms with Gasteiger partial charge in [-0.15, -0.1) is 0 Å². The topological polar surface area (TPSA) is 129 Å². The van der Waals surface area contributed by atoms with Crippen LogP contribution < -0.4 is 10.2 Å². The number of hydrogen-bond acceptors (Lipinski definition) is 8. The number of ether oxygens (including phenoxy) is 1. The molecule has 6 unspecified atom stereocenters. The highest BCUT2D eigenvalue weighted by Gasteiger charge is 2.71. The number of allylic oxidation sites excluding steroid dienone is 2. The van der Waals surface area contributed by atoms with Gasteiger partial charge in [-0.1, -0.05) is 59.1 Å². The average Bonchev–Trinajstić information content (AvgIpc) is 3.46. The molecule has 2 aliphatic heterocycles. The van der Waals surface area contributed by atoms with Crippen molar-refractivity contribution in [3.8, 4) is 11.5 Å². The average molecular weight is 758 g/mol. The van der Waals surface area contributed by atoms with Crippen molar-refractivity contribution in [1.29, 1.82) is 0 Å². The summed E-state index contributed by atoms with van der Waals surface area (Å²) in [6.07, 6.45) is -2.27. The summed E-state index contributed by atoms with van der Waals surface area (Å²) >= 11 is 12.5. The number of alkyl halides is 3. The number of nitrogens with one attached hydrogen (secondary N) is 1. The lowest BCUT2D eigenvalue weighted by Crippen LogP contribution is -2.53. The van der Waals surface area contributed by atoms with Gasteiger partial charge in [0.15, 0.2) is 17.3 Å². The molecule has 7 rings (SSSR count). The number of pyridine rings is 1. The first-order valence-corrected chi connectivity index (χ1v) is 17.3. The van der Waals surface area contributed by atoms with E-state index in [9.17, 15) is 32.7 Å². The van der Waals surface area contributed by atoms with Crippen molar-refractivity contribution < 1.29 is 42.2 Å². The number of benzene rings is 2. The number of likely N-dealkylation sites (tertiary alicyclic amines) is 1. The van der Waals surface area contributed by atoms with Crippen LogP contribution in [0.25, 0.3) is 0 Å². The van der Waals surface area contributed by atoms with Gasteiger partial charge >= 0.3 is 6.18 Å². The van der Waals surface area contributed by atoms with Gasteiger partial charge in [0, 0.05) is 28.2 Å². The lowest BCUT2D eigenvalue weighted by molar-refractivity contribution is -0.146. The lowest BCUT2D eigenvalue weighted by Gasteiger charge is -2.50. The molecule has 2 N–H and O–H groups in total. The molecule has 2 aliphatic carbocycles. The molecule has 10 nitrogen and oxygen atoms in total. The molecule has 4 aliphatic rings. The van der Waals surface area contributed by atoms with Crippen molar-refractivity contribution in [2.75, 3.05) is 12.5 Å². The van der Waals surface area contributed by atoms with E-state index < -0.39 is 75.0 Å². The number of nitrogens with zero attached hydrogens (tertiary/aromatic N) is 3. The van der Waals surface area contributed by atoms with Gasteiger partial charge in [0.2, 0.25) is 11.8 Å². The van der Waals surface area contributed by atoms with Crippen molar-refractivity contribution in [1.82, 2.24) is 14.9 Å². The van der Waals surface area contributed by atoms with Crippen LogP contribution in [-0.4, -0.2) is 56.3 Å². The van der Waals surface area contributed by atoms with Crippen LogP contribution in [0.15, 0.2) is 66.4 Å². The molecule has 0 radical (unpaired) electrons. The predicted molar refractivity (Wildman–Crippen MR) is 183 cm³/mol. The number of aromatic nitrogens is 1. The molecule has 52 heavy (non-hydrogen) atoms. The molecule has 4 amide bonds. The Kier molecular flexibility index (Phi) is 8.41. The van der Waals surface area contributed by atoms with Crippen LogP contribution in [0.1, 0.15) is 56.2 Å². The Balaban J connectivity index is 1.46. The Morgan fingerprint density at radius 1 is 0.981 bits per heavy atom. The SMILES string of the molecule is COc1cccc(C2C3=CCC4C(=O)N(C(C)(C)C)C(=O)C4C3CC3C(=O)N(Nc4ncc(C(F)(F)F)cc4Cl)C(=O)C32c2ccc(Cl)cc2)c1O. The Labute approximate surface area is 306 Å². The van der Waals surface area contributed by atoms with Crippen LogP contribution in [-0.2, 0) is 30.8 Å². The highest BCUT2D eigenvalue weighted by Crippen LogP contribution is 2.65. The van der Waals surface area contributed by atoms with Gasteiger partial charge in [0.05, 0.1) is 40.9 Å². The molecule has 15 heteroatoms. The van der Waals surface area contributed by atoms with E-state index in [0.29, 0.717) is 33.4 Å². The summed E-state index contributed by atoms with van der Waals surface area (Å²) in [7, 11) is 1.37. The van der Waals surface area contributed by atoms with Gasteiger partial charge < -0.3 is 9.84 Å². The standard InChI is InChI=1S/C37H33Cl2F3N4O6/c1-35(2,3)45-31(48)21-13-12-20-23(27(21)33(45)50)15-24-32(49)46(44-30-25(39)14-18(16-43-30)37(40,41)42)34(51)36(24,17-8-10-19(38)11-9-17)28(20)22-6-5-7-26(52-4)29(22)47/h5-12,14,16,21,23-24,27-28,47H,13,15H2,1-4H3,(H,43,44). The van der Waals surface area contributed by atoms with Crippen LogP contribution >= 0.6 is 23.2 Å². The Morgan fingerprint density at radius 3 is 2.29 bits per heavy atom. The third-order valence-corrected chi connectivity index (χ3v) is 11.3. The predicted octanol–water partition coefficient (Wildman–Crippen LogP) is 6.90. The van der Waals surface area contributed by atoms with Gasteiger partial charge in [-0.2, -0.15) is 18.2 Å². The van der Waals surface area contributed by atoms with Crippen molar-refractivity contribution >= 4 is 52.6 Å². The van der Waals surface area contributed by atoms with E-state index in [-0.39, 0.29) is 41.6 Å². The zero-order valence-corrected chi connectivity index (χ0v) is 29.8.